The van der Waals surface area contributed by atoms with Crippen LogP contribution in [0.1, 0.15) is 18.9 Å². The first kappa shape index (κ1) is 24.0. The second-order valence-electron chi connectivity index (χ2n) is 6.66. The van der Waals surface area contributed by atoms with Crippen LogP contribution >= 0.6 is 24.0 Å². The lowest BCUT2D eigenvalue weighted by Crippen LogP contribution is -2.42. The maximum atomic E-state index is 11.3. The molecule has 0 aliphatic carbocycles. The average Bonchev–Trinajstić information content (AvgIpc) is 2.64. The van der Waals surface area contributed by atoms with E-state index < -0.39 is 9.84 Å². The SMILES string of the molecule is CN=C(NCc1ccc(N2CCOCC2)cc1)NC(C)CCS(C)(=O)=O.I. The standard InChI is InChI=1S/C18H30N4O3S.HI/c1-15(8-13-26(3,23)24)21-18(19-2)20-14-16-4-6-17(7-5-16)22-9-11-25-12-10-22;/h4-7,15H,8-14H2,1-3H3,(H2,19,20,21);1H. The Morgan fingerprint density at radius 2 is 1.89 bits per heavy atom. The van der Waals surface area contributed by atoms with Crippen LogP contribution in [0.5, 0.6) is 0 Å². The minimum absolute atomic E-state index is 0. The van der Waals surface area contributed by atoms with Gasteiger partial charge in [0.15, 0.2) is 5.96 Å². The average molecular weight is 510 g/mol. The summed E-state index contributed by atoms with van der Waals surface area (Å²) in [4.78, 5) is 6.53. The number of nitrogens with one attached hydrogen (secondary N) is 2. The number of sulfone groups is 1. The zero-order valence-electron chi connectivity index (χ0n) is 16.3. The van der Waals surface area contributed by atoms with E-state index in [9.17, 15) is 8.42 Å². The zero-order valence-corrected chi connectivity index (χ0v) is 19.4. The van der Waals surface area contributed by atoms with Crippen molar-refractivity contribution in [3.63, 3.8) is 0 Å². The predicted molar refractivity (Wildman–Crippen MR) is 122 cm³/mol. The molecule has 0 bridgehead atoms. The van der Waals surface area contributed by atoms with Gasteiger partial charge in [-0.05, 0) is 31.0 Å². The number of hydrogen-bond acceptors (Lipinski definition) is 5. The highest BCUT2D eigenvalue weighted by Crippen LogP contribution is 2.16. The van der Waals surface area contributed by atoms with Gasteiger partial charge >= 0.3 is 0 Å². The maximum Gasteiger partial charge on any atom is 0.191 e. The fourth-order valence-corrected chi connectivity index (χ4v) is 3.50. The van der Waals surface area contributed by atoms with Gasteiger partial charge in [0.25, 0.3) is 0 Å². The van der Waals surface area contributed by atoms with Crippen molar-refractivity contribution in [2.24, 2.45) is 4.99 Å². The van der Waals surface area contributed by atoms with E-state index in [-0.39, 0.29) is 35.8 Å². The van der Waals surface area contributed by atoms with Crippen molar-refractivity contribution in [3.8, 4) is 0 Å². The van der Waals surface area contributed by atoms with Gasteiger partial charge in [0.05, 0.1) is 19.0 Å². The van der Waals surface area contributed by atoms with E-state index in [1.54, 1.807) is 7.05 Å². The van der Waals surface area contributed by atoms with Gasteiger partial charge in [0.2, 0.25) is 0 Å². The van der Waals surface area contributed by atoms with Gasteiger partial charge in [-0.2, -0.15) is 0 Å². The van der Waals surface area contributed by atoms with Crippen LogP contribution in [0.25, 0.3) is 0 Å². The third-order valence-corrected chi connectivity index (χ3v) is 5.28. The molecule has 1 saturated heterocycles. The van der Waals surface area contributed by atoms with Crippen molar-refractivity contribution in [2.75, 3.05) is 50.3 Å². The number of hydrogen-bond donors (Lipinski definition) is 2. The summed E-state index contributed by atoms with van der Waals surface area (Å²) in [7, 11) is -1.23. The summed E-state index contributed by atoms with van der Waals surface area (Å²) in [5.41, 5.74) is 2.38. The molecule has 1 atom stereocenters. The minimum Gasteiger partial charge on any atom is -0.378 e. The van der Waals surface area contributed by atoms with Crippen LogP contribution in [0.3, 0.4) is 0 Å². The van der Waals surface area contributed by atoms with Gasteiger partial charge in [0, 0.05) is 44.7 Å². The van der Waals surface area contributed by atoms with Crippen LogP contribution in [0.15, 0.2) is 29.3 Å². The van der Waals surface area contributed by atoms with Crippen molar-refractivity contribution in [2.45, 2.75) is 25.9 Å². The number of halogens is 1. The van der Waals surface area contributed by atoms with E-state index in [1.807, 2.05) is 6.92 Å². The first-order valence-corrected chi connectivity index (χ1v) is 11.0. The van der Waals surface area contributed by atoms with Gasteiger partial charge in [-0.15, -0.1) is 24.0 Å². The largest absolute Gasteiger partial charge is 0.378 e. The second kappa shape index (κ2) is 11.7. The smallest absolute Gasteiger partial charge is 0.191 e. The lowest BCUT2D eigenvalue weighted by Gasteiger charge is -2.29. The molecule has 2 rings (SSSR count). The Kier molecular flexibility index (Phi) is 10.4. The quantitative estimate of drug-likeness (QED) is 0.330. The first-order valence-electron chi connectivity index (χ1n) is 8.94. The summed E-state index contributed by atoms with van der Waals surface area (Å²) in [6.07, 6.45) is 1.81. The Hall–Kier alpha value is -1.07. The number of anilines is 1. The number of ether oxygens (including phenoxy) is 1. The number of morpholine rings is 1. The highest BCUT2D eigenvalue weighted by atomic mass is 127. The molecule has 0 spiro atoms. The predicted octanol–water partition coefficient (Wildman–Crippen LogP) is 1.63. The lowest BCUT2D eigenvalue weighted by molar-refractivity contribution is 0.122. The molecule has 1 fully saturated rings. The monoisotopic (exact) mass is 510 g/mol. The van der Waals surface area contributed by atoms with Gasteiger partial charge in [-0.3, -0.25) is 4.99 Å². The van der Waals surface area contributed by atoms with E-state index in [0.29, 0.717) is 18.9 Å². The highest BCUT2D eigenvalue weighted by Gasteiger charge is 2.11. The molecule has 154 valence electrons. The molecular formula is C18H31IN4O3S. The summed E-state index contributed by atoms with van der Waals surface area (Å²) < 4.78 is 27.9. The van der Waals surface area contributed by atoms with E-state index >= 15 is 0 Å². The first-order chi connectivity index (χ1) is 12.4. The van der Waals surface area contributed by atoms with Gasteiger partial charge < -0.3 is 20.3 Å². The zero-order chi connectivity index (χ0) is 19.0. The van der Waals surface area contributed by atoms with Crippen molar-refractivity contribution in [3.05, 3.63) is 29.8 Å². The minimum atomic E-state index is -2.94. The normalized spacial score (nSPS) is 16.4. The Labute approximate surface area is 179 Å². The Morgan fingerprint density at radius 3 is 2.44 bits per heavy atom. The molecule has 9 heteroatoms. The second-order valence-corrected chi connectivity index (χ2v) is 8.92. The number of guanidine groups is 1. The molecule has 1 aliphatic heterocycles. The van der Waals surface area contributed by atoms with Crippen LogP contribution in [0, 0.1) is 0 Å². The number of aliphatic imine (C=N–C) groups is 1. The molecule has 0 amide bonds. The van der Waals surface area contributed by atoms with E-state index in [4.69, 9.17) is 4.74 Å². The van der Waals surface area contributed by atoms with E-state index in [1.165, 1.54) is 11.9 Å². The fourth-order valence-electron chi connectivity index (χ4n) is 2.72. The number of nitrogens with zero attached hydrogens (tertiary/aromatic N) is 2. The molecule has 1 aromatic carbocycles. The van der Waals surface area contributed by atoms with Crippen molar-refractivity contribution >= 4 is 45.5 Å². The van der Waals surface area contributed by atoms with Crippen molar-refractivity contribution in [1.29, 1.82) is 0 Å². The molecule has 1 unspecified atom stereocenters. The fraction of sp³-hybridized carbons (Fsp3) is 0.611. The Morgan fingerprint density at radius 1 is 1.26 bits per heavy atom. The van der Waals surface area contributed by atoms with E-state index in [2.05, 4.69) is 44.8 Å². The molecule has 1 heterocycles. The van der Waals surface area contributed by atoms with Gasteiger partial charge in [-0.25, -0.2) is 8.42 Å². The van der Waals surface area contributed by atoms with Crippen LogP contribution in [-0.4, -0.2) is 65.8 Å². The summed E-state index contributed by atoms with van der Waals surface area (Å²) in [5, 5.41) is 6.49. The lowest BCUT2D eigenvalue weighted by atomic mass is 10.2. The topological polar surface area (TPSA) is 83.0 Å². The molecule has 0 radical (unpaired) electrons. The van der Waals surface area contributed by atoms with E-state index in [0.717, 1.165) is 31.9 Å². The van der Waals surface area contributed by atoms with Crippen LogP contribution < -0.4 is 15.5 Å². The summed E-state index contributed by atoms with van der Waals surface area (Å²) in [6, 6.07) is 8.51. The molecule has 1 aliphatic rings. The maximum absolute atomic E-state index is 11.3. The van der Waals surface area contributed by atoms with Crippen LogP contribution in [0.2, 0.25) is 0 Å². The van der Waals surface area contributed by atoms with Crippen molar-refractivity contribution < 1.29 is 13.2 Å². The molecule has 7 nitrogen and oxygen atoms in total. The molecule has 2 N–H and O–H groups in total. The molecule has 27 heavy (non-hydrogen) atoms. The van der Waals surface area contributed by atoms with Crippen LogP contribution in [-0.2, 0) is 21.1 Å². The Balaban J connectivity index is 0.00000364. The summed E-state index contributed by atoms with van der Waals surface area (Å²) in [6.45, 7) is 6.03. The van der Waals surface area contributed by atoms with Crippen molar-refractivity contribution in [1.82, 2.24) is 10.6 Å². The highest BCUT2D eigenvalue weighted by molar-refractivity contribution is 14.0. The Bertz CT molecular complexity index is 689. The number of benzene rings is 1. The summed E-state index contributed by atoms with van der Waals surface area (Å²) >= 11 is 0. The summed E-state index contributed by atoms with van der Waals surface area (Å²) in [5.74, 6) is 0.838. The molecule has 1 aromatic rings. The molecular weight excluding hydrogens is 479 g/mol. The van der Waals surface area contributed by atoms with Gasteiger partial charge in [0.1, 0.15) is 9.84 Å². The molecule has 0 aromatic heterocycles. The van der Waals surface area contributed by atoms with Crippen LogP contribution in [0.4, 0.5) is 5.69 Å². The third kappa shape index (κ3) is 9.11. The molecule has 0 saturated carbocycles. The third-order valence-electron chi connectivity index (χ3n) is 4.30. The van der Waals surface area contributed by atoms with Gasteiger partial charge in [-0.1, -0.05) is 12.1 Å². The number of rotatable bonds is 7.